The molecule has 0 spiro atoms. The molecule has 2 aromatic carbocycles. The third kappa shape index (κ3) is 5.28. The van der Waals surface area contributed by atoms with Gasteiger partial charge in [0.2, 0.25) is 5.91 Å². The highest BCUT2D eigenvalue weighted by atomic mass is 19.1. The number of hydrogen-bond acceptors (Lipinski definition) is 3. The fraction of sp³-hybridized carbons (Fsp3) is 0.333. The van der Waals surface area contributed by atoms with Gasteiger partial charge in [0.25, 0.3) is 5.91 Å². The molecule has 29 heavy (non-hydrogen) atoms. The highest BCUT2D eigenvalue weighted by Crippen LogP contribution is 2.35. The van der Waals surface area contributed by atoms with Crippen LogP contribution < -0.4 is 10.5 Å². The molecule has 1 saturated heterocycles. The third-order valence-corrected chi connectivity index (χ3v) is 4.97. The van der Waals surface area contributed by atoms with E-state index in [4.69, 9.17) is 10.5 Å². The van der Waals surface area contributed by atoms with Crippen molar-refractivity contribution in [3.8, 4) is 5.75 Å². The van der Waals surface area contributed by atoms with E-state index in [1.165, 1.54) is 29.2 Å². The van der Waals surface area contributed by atoms with Crippen LogP contribution in [0.25, 0.3) is 0 Å². The summed E-state index contributed by atoms with van der Waals surface area (Å²) in [5.74, 6) is -2.73. The minimum absolute atomic E-state index is 0.0184. The van der Waals surface area contributed by atoms with E-state index in [2.05, 4.69) is 0 Å². The van der Waals surface area contributed by atoms with Crippen molar-refractivity contribution >= 4 is 11.8 Å². The first-order valence-electron chi connectivity index (χ1n) is 9.18. The molecular weight excluding hydrogens is 385 g/mol. The lowest BCUT2D eigenvalue weighted by Gasteiger charge is -2.42. The van der Waals surface area contributed by atoms with Gasteiger partial charge in [-0.3, -0.25) is 9.59 Å². The zero-order chi connectivity index (χ0) is 21.0. The summed E-state index contributed by atoms with van der Waals surface area (Å²) < 4.78 is 45.8. The van der Waals surface area contributed by atoms with Gasteiger partial charge in [-0.25, -0.2) is 13.2 Å². The maximum Gasteiger partial charge on any atom is 0.254 e. The summed E-state index contributed by atoms with van der Waals surface area (Å²) in [6.45, 7) is 0.616. The quantitative estimate of drug-likeness (QED) is 0.800. The normalized spacial score (nSPS) is 19.1. The predicted octanol–water partition coefficient (Wildman–Crippen LogP) is 3.28. The van der Waals surface area contributed by atoms with E-state index in [1.807, 2.05) is 0 Å². The Bertz CT molecular complexity index is 884. The Hall–Kier alpha value is -3.03. The first kappa shape index (κ1) is 20.7. The van der Waals surface area contributed by atoms with Gasteiger partial charge in [0.05, 0.1) is 6.61 Å². The summed E-state index contributed by atoms with van der Waals surface area (Å²) >= 11 is 0. The first-order chi connectivity index (χ1) is 13.8. The van der Waals surface area contributed by atoms with Gasteiger partial charge >= 0.3 is 0 Å². The van der Waals surface area contributed by atoms with Gasteiger partial charge in [0, 0.05) is 36.6 Å². The molecule has 0 aliphatic carbocycles. The van der Waals surface area contributed by atoms with Crippen LogP contribution in [0.2, 0.25) is 0 Å². The van der Waals surface area contributed by atoms with Crippen LogP contribution in [0.1, 0.15) is 29.6 Å². The summed E-state index contributed by atoms with van der Waals surface area (Å²) in [6.07, 6.45) is 1.14. The fourth-order valence-corrected chi connectivity index (χ4v) is 3.69. The SMILES string of the molecule is NC(=O)C[C@@]1(COc2ccc(F)cc2)CCCN(C(=O)c2cc(F)cc(F)c2)C1. The van der Waals surface area contributed by atoms with E-state index in [1.54, 1.807) is 0 Å². The lowest BCUT2D eigenvalue weighted by atomic mass is 9.77. The van der Waals surface area contributed by atoms with Crippen molar-refractivity contribution in [1.29, 1.82) is 0 Å². The second-order valence-electron chi connectivity index (χ2n) is 7.37. The van der Waals surface area contributed by atoms with Crippen LogP contribution in [0.5, 0.6) is 5.75 Å². The summed E-state index contributed by atoms with van der Waals surface area (Å²) in [5, 5.41) is 0. The minimum atomic E-state index is -0.839. The molecule has 8 heteroatoms. The van der Waals surface area contributed by atoms with E-state index < -0.39 is 34.7 Å². The Labute approximate surface area is 166 Å². The number of nitrogens with zero attached hydrogens (tertiary/aromatic N) is 1. The first-order valence-corrected chi connectivity index (χ1v) is 9.18. The van der Waals surface area contributed by atoms with Crippen LogP contribution in [0.3, 0.4) is 0 Å². The van der Waals surface area contributed by atoms with Crippen LogP contribution in [0, 0.1) is 22.9 Å². The van der Waals surface area contributed by atoms with E-state index in [0.717, 1.165) is 12.1 Å². The molecule has 1 heterocycles. The number of carbonyl (C=O) groups is 2. The molecule has 2 aromatic rings. The fourth-order valence-electron chi connectivity index (χ4n) is 3.69. The maximum atomic E-state index is 13.5. The molecule has 2 amide bonds. The van der Waals surface area contributed by atoms with E-state index in [9.17, 15) is 22.8 Å². The molecule has 1 aliphatic heterocycles. The lowest BCUT2D eigenvalue weighted by molar-refractivity contribution is -0.122. The second kappa shape index (κ2) is 8.55. The summed E-state index contributed by atoms with van der Waals surface area (Å²) in [5.41, 5.74) is 4.57. The number of piperidine rings is 1. The number of benzene rings is 2. The molecule has 0 bridgehead atoms. The highest BCUT2D eigenvalue weighted by molar-refractivity contribution is 5.94. The number of amides is 2. The largest absolute Gasteiger partial charge is 0.493 e. The number of likely N-dealkylation sites (tertiary alicyclic amines) is 1. The van der Waals surface area contributed by atoms with Crippen molar-refractivity contribution in [1.82, 2.24) is 4.90 Å². The van der Waals surface area contributed by atoms with E-state index in [0.29, 0.717) is 31.2 Å². The molecule has 0 unspecified atom stereocenters. The minimum Gasteiger partial charge on any atom is -0.493 e. The molecule has 1 fully saturated rings. The molecular formula is C21H21F3N2O3. The topological polar surface area (TPSA) is 72.6 Å². The van der Waals surface area contributed by atoms with E-state index >= 15 is 0 Å². The van der Waals surface area contributed by atoms with Crippen molar-refractivity contribution in [2.24, 2.45) is 11.1 Å². The molecule has 0 radical (unpaired) electrons. The number of rotatable bonds is 6. The van der Waals surface area contributed by atoms with E-state index in [-0.39, 0.29) is 25.1 Å². The molecule has 5 nitrogen and oxygen atoms in total. The monoisotopic (exact) mass is 406 g/mol. The molecule has 0 aromatic heterocycles. The van der Waals surface area contributed by atoms with Gasteiger partial charge in [-0.2, -0.15) is 0 Å². The van der Waals surface area contributed by atoms with Gasteiger partial charge in [-0.05, 0) is 49.2 Å². The Morgan fingerprint density at radius 2 is 1.69 bits per heavy atom. The van der Waals surface area contributed by atoms with Gasteiger partial charge in [0.15, 0.2) is 0 Å². The lowest BCUT2D eigenvalue weighted by Crippen LogP contribution is -2.50. The predicted molar refractivity (Wildman–Crippen MR) is 99.6 cm³/mol. The zero-order valence-corrected chi connectivity index (χ0v) is 15.7. The maximum absolute atomic E-state index is 13.5. The van der Waals surface area contributed by atoms with Crippen LogP contribution in [0.15, 0.2) is 42.5 Å². The standard InChI is InChI=1S/C21H21F3N2O3/c22-15-2-4-18(5-3-15)29-13-21(11-19(25)27)6-1-7-26(12-21)20(28)14-8-16(23)10-17(24)9-14/h2-5,8-10H,1,6-7,11-13H2,(H2,25,27)/t21-/m0/s1. The average Bonchev–Trinajstić information content (AvgIpc) is 2.66. The van der Waals surface area contributed by atoms with Gasteiger partial charge in [-0.15, -0.1) is 0 Å². The Kier molecular flexibility index (Phi) is 6.10. The smallest absolute Gasteiger partial charge is 0.254 e. The molecule has 3 rings (SSSR count). The summed E-state index contributed by atoms with van der Waals surface area (Å²) in [7, 11) is 0. The van der Waals surface area contributed by atoms with Crippen LogP contribution in [-0.4, -0.2) is 36.4 Å². The van der Waals surface area contributed by atoms with Crippen molar-refractivity contribution in [3.63, 3.8) is 0 Å². The number of primary amides is 1. The van der Waals surface area contributed by atoms with Crippen molar-refractivity contribution < 1.29 is 27.5 Å². The number of carbonyl (C=O) groups excluding carboxylic acids is 2. The zero-order valence-electron chi connectivity index (χ0n) is 15.7. The Morgan fingerprint density at radius 3 is 2.31 bits per heavy atom. The van der Waals surface area contributed by atoms with Gasteiger partial charge in [0.1, 0.15) is 23.2 Å². The Morgan fingerprint density at radius 1 is 1.03 bits per heavy atom. The van der Waals surface area contributed by atoms with Gasteiger partial charge in [-0.1, -0.05) is 0 Å². The van der Waals surface area contributed by atoms with Crippen molar-refractivity contribution in [2.75, 3.05) is 19.7 Å². The van der Waals surface area contributed by atoms with Crippen LogP contribution in [0.4, 0.5) is 13.2 Å². The summed E-state index contributed by atoms with van der Waals surface area (Å²) in [6, 6.07) is 8.09. The number of ether oxygens (including phenoxy) is 1. The Balaban J connectivity index is 1.78. The molecule has 1 aliphatic rings. The number of nitrogens with two attached hydrogens (primary N) is 1. The molecule has 2 N–H and O–H groups in total. The molecule has 0 saturated carbocycles. The second-order valence-corrected chi connectivity index (χ2v) is 7.37. The van der Waals surface area contributed by atoms with Crippen LogP contribution >= 0.6 is 0 Å². The third-order valence-electron chi connectivity index (χ3n) is 4.97. The number of hydrogen-bond donors (Lipinski definition) is 1. The molecule has 154 valence electrons. The molecule has 1 atom stereocenters. The average molecular weight is 406 g/mol. The van der Waals surface area contributed by atoms with Crippen LogP contribution in [-0.2, 0) is 4.79 Å². The summed E-state index contributed by atoms with van der Waals surface area (Å²) in [4.78, 5) is 25.9. The number of halogens is 3. The highest BCUT2D eigenvalue weighted by Gasteiger charge is 2.39. The van der Waals surface area contributed by atoms with Crippen molar-refractivity contribution in [2.45, 2.75) is 19.3 Å². The van der Waals surface area contributed by atoms with Gasteiger partial charge < -0.3 is 15.4 Å². The van der Waals surface area contributed by atoms with Crippen molar-refractivity contribution in [3.05, 3.63) is 65.5 Å².